The van der Waals surface area contributed by atoms with Crippen LogP contribution < -0.4 is 15.4 Å². The number of ether oxygens (including phenoxy) is 1. The molecule has 1 aliphatic heterocycles. The Hall–Kier alpha value is -1.92. The van der Waals surface area contributed by atoms with E-state index in [9.17, 15) is 4.79 Å². The van der Waals surface area contributed by atoms with Gasteiger partial charge in [-0.2, -0.15) is 0 Å². The third-order valence-electron chi connectivity index (χ3n) is 5.30. The second kappa shape index (κ2) is 6.77. The summed E-state index contributed by atoms with van der Waals surface area (Å²) >= 11 is 1.48. The topological polar surface area (TPSA) is 63.2 Å². The van der Waals surface area contributed by atoms with E-state index in [4.69, 9.17) is 4.74 Å². The van der Waals surface area contributed by atoms with Crippen molar-refractivity contribution in [3.63, 3.8) is 0 Å². The van der Waals surface area contributed by atoms with Crippen molar-refractivity contribution in [2.24, 2.45) is 11.3 Å². The molecule has 0 bridgehead atoms. The van der Waals surface area contributed by atoms with E-state index in [0.717, 1.165) is 49.4 Å². The van der Waals surface area contributed by atoms with E-state index in [-0.39, 0.29) is 17.2 Å². The molecule has 2 fully saturated rings. The maximum absolute atomic E-state index is 12.5. The van der Waals surface area contributed by atoms with Crippen LogP contribution in [0.1, 0.15) is 26.2 Å². The molecule has 2 aromatic rings. The van der Waals surface area contributed by atoms with E-state index in [1.165, 1.54) is 11.3 Å². The Morgan fingerprint density at radius 2 is 2.12 bits per heavy atom. The Labute approximate surface area is 151 Å². The summed E-state index contributed by atoms with van der Waals surface area (Å²) in [6.07, 6.45) is 3.25. The standard InChI is InChI=1S/C19H23N3O2S/c1-2-24-14-5-3-13(4-6-14)16-12-25-18(21-16)22-17(23)15-11-19(15)7-9-20-10-8-19/h3-6,12,15,20H,2,7-11H2,1H3,(H,21,22,23). The van der Waals surface area contributed by atoms with E-state index in [2.05, 4.69) is 15.6 Å². The van der Waals surface area contributed by atoms with Crippen LogP contribution in [0.5, 0.6) is 5.75 Å². The number of thiazole rings is 1. The van der Waals surface area contributed by atoms with Crippen molar-refractivity contribution in [1.29, 1.82) is 0 Å². The van der Waals surface area contributed by atoms with E-state index in [1.54, 1.807) is 0 Å². The van der Waals surface area contributed by atoms with Gasteiger partial charge in [-0.15, -0.1) is 11.3 Å². The summed E-state index contributed by atoms with van der Waals surface area (Å²) in [6.45, 7) is 4.69. The van der Waals surface area contributed by atoms with E-state index < -0.39 is 0 Å². The summed E-state index contributed by atoms with van der Waals surface area (Å²) in [6, 6.07) is 7.89. The van der Waals surface area contributed by atoms with Crippen molar-refractivity contribution in [1.82, 2.24) is 10.3 Å². The zero-order valence-corrected chi connectivity index (χ0v) is 15.2. The molecular weight excluding hydrogens is 334 g/mol. The molecule has 1 aromatic carbocycles. The number of nitrogens with zero attached hydrogens (tertiary/aromatic N) is 1. The first-order chi connectivity index (χ1) is 12.2. The highest BCUT2D eigenvalue weighted by Gasteiger charge is 2.57. The Morgan fingerprint density at radius 1 is 1.36 bits per heavy atom. The third kappa shape index (κ3) is 3.41. The quantitative estimate of drug-likeness (QED) is 0.859. The van der Waals surface area contributed by atoms with Crippen LogP contribution in [0.4, 0.5) is 5.13 Å². The summed E-state index contributed by atoms with van der Waals surface area (Å²) in [5.41, 5.74) is 2.17. The fourth-order valence-corrected chi connectivity index (χ4v) is 4.46. The first-order valence-electron chi connectivity index (χ1n) is 8.90. The SMILES string of the molecule is CCOc1ccc(-c2csc(NC(=O)C3CC34CCNCC4)n2)cc1. The Kier molecular flexibility index (Phi) is 4.48. The maximum Gasteiger partial charge on any atom is 0.229 e. The lowest BCUT2D eigenvalue weighted by Gasteiger charge is -2.22. The van der Waals surface area contributed by atoms with Gasteiger partial charge in [0.1, 0.15) is 5.75 Å². The molecule has 1 saturated carbocycles. The summed E-state index contributed by atoms with van der Waals surface area (Å²) < 4.78 is 5.46. The Balaban J connectivity index is 1.39. The minimum Gasteiger partial charge on any atom is -0.494 e. The first-order valence-corrected chi connectivity index (χ1v) is 9.78. The van der Waals surface area contributed by atoms with Gasteiger partial charge in [0.05, 0.1) is 12.3 Å². The second-order valence-corrected chi connectivity index (χ2v) is 7.71. The highest BCUT2D eigenvalue weighted by Crippen LogP contribution is 2.58. The largest absolute Gasteiger partial charge is 0.494 e. The number of hydrogen-bond donors (Lipinski definition) is 2. The number of piperidine rings is 1. The number of carbonyl (C=O) groups is 1. The number of hydrogen-bond acceptors (Lipinski definition) is 5. The monoisotopic (exact) mass is 357 g/mol. The van der Waals surface area contributed by atoms with Crippen LogP contribution in [0.15, 0.2) is 29.6 Å². The van der Waals surface area contributed by atoms with Gasteiger partial charge in [-0.05, 0) is 69.0 Å². The molecule has 1 aliphatic carbocycles. The fourth-order valence-electron chi connectivity index (χ4n) is 3.74. The van der Waals surface area contributed by atoms with Crippen molar-refractivity contribution in [3.8, 4) is 17.0 Å². The zero-order valence-electron chi connectivity index (χ0n) is 14.4. The van der Waals surface area contributed by atoms with Gasteiger partial charge in [-0.25, -0.2) is 4.98 Å². The van der Waals surface area contributed by atoms with Crippen LogP contribution in [0.3, 0.4) is 0 Å². The Morgan fingerprint density at radius 3 is 2.84 bits per heavy atom. The van der Waals surface area contributed by atoms with Gasteiger partial charge in [-0.3, -0.25) is 4.79 Å². The van der Waals surface area contributed by atoms with Gasteiger partial charge in [0, 0.05) is 16.9 Å². The van der Waals surface area contributed by atoms with Crippen LogP contribution in [0, 0.1) is 11.3 Å². The maximum atomic E-state index is 12.5. The third-order valence-corrected chi connectivity index (χ3v) is 6.06. The molecule has 6 heteroatoms. The number of benzene rings is 1. The number of anilines is 1. The predicted octanol–water partition coefficient (Wildman–Crippen LogP) is 3.54. The van der Waals surface area contributed by atoms with Gasteiger partial charge < -0.3 is 15.4 Å². The normalized spacial score (nSPS) is 21.1. The molecule has 0 radical (unpaired) electrons. The molecule has 1 unspecified atom stereocenters. The number of nitrogens with one attached hydrogen (secondary N) is 2. The molecular formula is C19H23N3O2S. The lowest BCUT2D eigenvalue weighted by molar-refractivity contribution is -0.118. The summed E-state index contributed by atoms with van der Waals surface area (Å²) in [5, 5.41) is 9.06. The van der Waals surface area contributed by atoms with Crippen molar-refractivity contribution in [2.45, 2.75) is 26.2 Å². The van der Waals surface area contributed by atoms with Crippen LogP contribution in [-0.4, -0.2) is 30.6 Å². The van der Waals surface area contributed by atoms with Crippen LogP contribution in [0.2, 0.25) is 0 Å². The van der Waals surface area contributed by atoms with Gasteiger partial charge in [-0.1, -0.05) is 0 Å². The average molecular weight is 357 g/mol. The summed E-state index contributed by atoms with van der Waals surface area (Å²) in [7, 11) is 0. The lowest BCUT2D eigenvalue weighted by atomic mass is 9.92. The van der Waals surface area contributed by atoms with Crippen LogP contribution in [-0.2, 0) is 4.79 Å². The molecule has 25 heavy (non-hydrogen) atoms. The molecule has 2 aliphatic rings. The highest BCUT2D eigenvalue weighted by molar-refractivity contribution is 7.14. The van der Waals surface area contributed by atoms with Crippen molar-refractivity contribution in [2.75, 3.05) is 25.0 Å². The smallest absolute Gasteiger partial charge is 0.229 e. The molecule has 132 valence electrons. The molecule has 5 nitrogen and oxygen atoms in total. The number of rotatable bonds is 5. The van der Waals surface area contributed by atoms with Crippen LogP contribution >= 0.6 is 11.3 Å². The number of aromatic nitrogens is 1. The fraction of sp³-hybridized carbons (Fsp3) is 0.474. The zero-order chi connectivity index (χ0) is 17.3. The predicted molar refractivity (Wildman–Crippen MR) is 100.0 cm³/mol. The number of amides is 1. The van der Waals surface area contributed by atoms with Crippen LogP contribution in [0.25, 0.3) is 11.3 Å². The molecule has 2 heterocycles. The van der Waals surface area contributed by atoms with Gasteiger partial charge in [0.2, 0.25) is 5.91 Å². The van der Waals surface area contributed by atoms with Crippen molar-refractivity contribution >= 4 is 22.4 Å². The van der Waals surface area contributed by atoms with E-state index in [0.29, 0.717) is 11.7 Å². The van der Waals surface area contributed by atoms with Gasteiger partial charge in [0.25, 0.3) is 0 Å². The molecule has 1 spiro atoms. The minimum absolute atomic E-state index is 0.134. The van der Waals surface area contributed by atoms with E-state index in [1.807, 2.05) is 36.6 Å². The Bertz CT molecular complexity index is 750. The molecule has 1 aromatic heterocycles. The lowest BCUT2D eigenvalue weighted by Crippen LogP contribution is -2.31. The first kappa shape index (κ1) is 16.5. The molecule has 2 N–H and O–H groups in total. The molecule has 4 rings (SSSR count). The molecule has 1 atom stereocenters. The molecule has 1 amide bonds. The van der Waals surface area contributed by atoms with Gasteiger partial charge in [0.15, 0.2) is 5.13 Å². The number of carbonyl (C=O) groups excluding carboxylic acids is 1. The molecule has 1 saturated heterocycles. The average Bonchev–Trinajstić information content (AvgIpc) is 3.11. The summed E-state index contributed by atoms with van der Waals surface area (Å²) in [4.78, 5) is 17.1. The second-order valence-electron chi connectivity index (χ2n) is 6.85. The van der Waals surface area contributed by atoms with Crippen molar-refractivity contribution in [3.05, 3.63) is 29.6 Å². The van der Waals surface area contributed by atoms with Gasteiger partial charge >= 0.3 is 0 Å². The highest BCUT2D eigenvalue weighted by atomic mass is 32.1. The minimum atomic E-state index is 0.134. The summed E-state index contributed by atoms with van der Waals surface area (Å²) in [5.74, 6) is 1.15. The van der Waals surface area contributed by atoms with E-state index >= 15 is 0 Å². The van der Waals surface area contributed by atoms with Crippen molar-refractivity contribution < 1.29 is 9.53 Å².